The molecule has 2 N–H and O–H groups in total. The van der Waals surface area contributed by atoms with Gasteiger partial charge in [-0.25, -0.2) is 9.59 Å². The van der Waals surface area contributed by atoms with Crippen molar-refractivity contribution < 1.29 is 24.2 Å². The van der Waals surface area contributed by atoms with Crippen LogP contribution in [0, 0.1) is 0 Å². The molecule has 0 radical (unpaired) electrons. The van der Waals surface area contributed by atoms with Gasteiger partial charge in [-0.3, -0.25) is 0 Å². The van der Waals surface area contributed by atoms with Crippen molar-refractivity contribution in [2.24, 2.45) is 0 Å². The summed E-state index contributed by atoms with van der Waals surface area (Å²) in [5.41, 5.74) is 4.15. The molecule has 7 heteroatoms. The number of hydrogen-bond acceptors (Lipinski definition) is 4. The summed E-state index contributed by atoms with van der Waals surface area (Å²) >= 11 is 0. The number of nitrogens with zero attached hydrogens (tertiary/aromatic N) is 1. The summed E-state index contributed by atoms with van der Waals surface area (Å²) in [4.78, 5) is 26.4. The molecule has 2 amide bonds. The Hall–Kier alpha value is -3.84. The van der Waals surface area contributed by atoms with Crippen molar-refractivity contribution in [2.75, 3.05) is 31.6 Å². The molecule has 0 saturated heterocycles. The maximum atomic E-state index is 13.2. The van der Waals surface area contributed by atoms with Crippen LogP contribution in [0.4, 0.5) is 10.5 Å². The Morgan fingerprint density at radius 1 is 0.875 bits per heavy atom. The van der Waals surface area contributed by atoms with Crippen LogP contribution in [-0.4, -0.2) is 54.4 Å². The Morgan fingerprint density at radius 3 is 2.20 bits per heavy atom. The van der Waals surface area contributed by atoms with Crippen molar-refractivity contribution in [2.45, 2.75) is 58.5 Å². The van der Waals surface area contributed by atoms with Crippen LogP contribution in [0.2, 0.25) is 0 Å². The number of carbonyl (C=O) groups excluding carboxylic acids is 1. The number of ether oxygens (including phenoxy) is 2. The van der Waals surface area contributed by atoms with E-state index >= 15 is 0 Å². The van der Waals surface area contributed by atoms with Gasteiger partial charge in [-0.05, 0) is 73.1 Å². The third-order valence-electron chi connectivity index (χ3n) is 6.72. The van der Waals surface area contributed by atoms with Crippen molar-refractivity contribution in [1.82, 2.24) is 4.90 Å². The van der Waals surface area contributed by atoms with Crippen LogP contribution in [-0.2, 0) is 22.4 Å². The van der Waals surface area contributed by atoms with E-state index in [-0.39, 0.29) is 6.03 Å². The monoisotopic (exact) mass is 546 g/mol. The number of anilines is 1. The zero-order valence-electron chi connectivity index (χ0n) is 23.8. The summed E-state index contributed by atoms with van der Waals surface area (Å²) in [5.74, 6) is 0.126. The molecule has 214 valence electrons. The van der Waals surface area contributed by atoms with Gasteiger partial charge in [-0.1, -0.05) is 68.4 Å². The maximum Gasteiger partial charge on any atom is 0.333 e. The minimum absolute atomic E-state index is 0.147. The van der Waals surface area contributed by atoms with Crippen LogP contribution in [0.3, 0.4) is 0 Å². The fourth-order valence-corrected chi connectivity index (χ4v) is 4.37. The maximum absolute atomic E-state index is 13.2. The van der Waals surface area contributed by atoms with E-state index in [4.69, 9.17) is 9.47 Å². The Kier molecular flexibility index (Phi) is 12.5. The topological polar surface area (TPSA) is 88.1 Å². The highest BCUT2D eigenvalue weighted by Crippen LogP contribution is 2.18. The predicted molar refractivity (Wildman–Crippen MR) is 159 cm³/mol. The lowest BCUT2D eigenvalue weighted by Gasteiger charge is -2.23. The zero-order valence-corrected chi connectivity index (χ0v) is 23.8. The number of rotatable bonds is 16. The molecule has 0 aliphatic heterocycles. The number of carboxylic acids is 1. The lowest BCUT2D eigenvalue weighted by molar-refractivity contribution is -0.149. The lowest BCUT2D eigenvalue weighted by Crippen LogP contribution is -2.38. The molecule has 0 aliphatic carbocycles. The van der Waals surface area contributed by atoms with Crippen LogP contribution in [0.15, 0.2) is 78.9 Å². The van der Waals surface area contributed by atoms with Gasteiger partial charge >= 0.3 is 12.0 Å². The first-order chi connectivity index (χ1) is 19.4. The first-order valence-electron chi connectivity index (χ1n) is 14.1. The first kappa shape index (κ1) is 30.7. The van der Waals surface area contributed by atoms with Crippen molar-refractivity contribution in [1.29, 1.82) is 0 Å². The van der Waals surface area contributed by atoms with Crippen LogP contribution in [0.1, 0.15) is 56.2 Å². The normalized spacial score (nSPS) is 11.7. The number of hydrogen-bond donors (Lipinski definition) is 2. The van der Waals surface area contributed by atoms with Gasteiger partial charge in [0.1, 0.15) is 12.4 Å². The second-order valence-electron chi connectivity index (χ2n) is 10.1. The Labute approximate surface area is 238 Å². The van der Waals surface area contributed by atoms with Crippen molar-refractivity contribution >= 4 is 17.7 Å². The number of aliphatic carboxylic acids is 1. The van der Waals surface area contributed by atoms with Gasteiger partial charge in [0.15, 0.2) is 6.10 Å². The van der Waals surface area contributed by atoms with E-state index in [1.807, 2.05) is 66.7 Å². The Bertz CT molecular complexity index is 1160. The summed E-state index contributed by atoms with van der Waals surface area (Å²) in [6.07, 6.45) is 2.26. The van der Waals surface area contributed by atoms with Crippen molar-refractivity contribution in [3.8, 4) is 5.75 Å². The van der Waals surface area contributed by atoms with E-state index in [9.17, 15) is 14.7 Å². The highest BCUT2D eigenvalue weighted by molar-refractivity contribution is 5.89. The molecule has 3 aromatic carbocycles. The fraction of sp³-hybridized carbons (Fsp3) is 0.394. The summed E-state index contributed by atoms with van der Waals surface area (Å²) < 4.78 is 11.2. The van der Waals surface area contributed by atoms with Crippen LogP contribution >= 0.6 is 0 Å². The minimum Gasteiger partial charge on any atom is -0.492 e. The standard InChI is InChI=1S/C33H42N2O5/c1-4-39-31(32(36)37)24-27-13-19-30(20-14-27)40-23-22-35(21-9-8-12-26-10-6-5-7-11-26)33(38)34-29-17-15-28(16-18-29)25(2)3/h5-7,10-11,13-20,25,31H,4,8-9,12,21-24H2,1-3H3,(H,34,38)(H,36,37). The third kappa shape index (κ3) is 10.4. The number of carboxylic acid groups (broad SMARTS) is 1. The average Bonchev–Trinajstić information content (AvgIpc) is 2.95. The van der Waals surface area contributed by atoms with Crippen LogP contribution in [0.25, 0.3) is 0 Å². The smallest absolute Gasteiger partial charge is 0.333 e. The number of carbonyl (C=O) groups is 2. The number of unbranched alkanes of at least 4 members (excludes halogenated alkanes) is 1. The minimum atomic E-state index is -0.972. The van der Waals surface area contributed by atoms with Gasteiger partial charge in [-0.2, -0.15) is 0 Å². The molecule has 1 atom stereocenters. The van der Waals surface area contributed by atoms with E-state index in [1.165, 1.54) is 11.1 Å². The quantitative estimate of drug-likeness (QED) is 0.193. The van der Waals surface area contributed by atoms with E-state index in [1.54, 1.807) is 11.8 Å². The Morgan fingerprint density at radius 2 is 1.57 bits per heavy atom. The first-order valence-corrected chi connectivity index (χ1v) is 14.1. The Balaban J connectivity index is 1.55. The molecule has 0 bridgehead atoms. The van der Waals surface area contributed by atoms with Crippen LogP contribution in [0.5, 0.6) is 5.75 Å². The van der Waals surface area contributed by atoms with E-state index in [0.29, 0.717) is 44.4 Å². The van der Waals surface area contributed by atoms with E-state index in [2.05, 4.69) is 31.3 Å². The molecule has 7 nitrogen and oxygen atoms in total. The average molecular weight is 547 g/mol. The van der Waals surface area contributed by atoms with E-state index < -0.39 is 12.1 Å². The second kappa shape index (κ2) is 16.3. The number of urea groups is 1. The number of nitrogens with one attached hydrogen (secondary N) is 1. The molecule has 0 heterocycles. The molecule has 0 spiro atoms. The SMILES string of the molecule is CCOC(Cc1ccc(OCCN(CCCCc2ccccc2)C(=O)Nc2ccc(C(C)C)cc2)cc1)C(=O)O. The second-order valence-corrected chi connectivity index (χ2v) is 10.1. The molecule has 0 aromatic heterocycles. The molecule has 0 fully saturated rings. The molecule has 40 heavy (non-hydrogen) atoms. The summed E-state index contributed by atoms with van der Waals surface area (Å²) in [5, 5.41) is 12.3. The molecule has 3 rings (SSSR count). The van der Waals surface area contributed by atoms with Gasteiger partial charge < -0.3 is 24.8 Å². The molecule has 1 unspecified atom stereocenters. The molecule has 0 saturated carbocycles. The van der Waals surface area contributed by atoms with Gasteiger partial charge in [0.05, 0.1) is 6.54 Å². The summed E-state index contributed by atoms with van der Waals surface area (Å²) in [6.45, 7) is 7.82. The summed E-state index contributed by atoms with van der Waals surface area (Å²) in [6, 6.07) is 25.5. The number of aryl methyl sites for hydroxylation is 1. The molecule has 3 aromatic rings. The highest BCUT2D eigenvalue weighted by Gasteiger charge is 2.18. The van der Waals surface area contributed by atoms with Gasteiger partial charge in [0.2, 0.25) is 0 Å². The molecular formula is C33H42N2O5. The predicted octanol–water partition coefficient (Wildman–Crippen LogP) is 6.78. The lowest BCUT2D eigenvalue weighted by atomic mass is 10.0. The molecular weight excluding hydrogens is 504 g/mol. The van der Waals surface area contributed by atoms with Crippen molar-refractivity contribution in [3.63, 3.8) is 0 Å². The highest BCUT2D eigenvalue weighted by atomic mass is 16.5. The van der Waals surface area contributed by atoms with Gasteiger partial charge in [0, 0.05) is 25.3 Å². The van der Waals surface area contributed by atoms with Crippen molar-refractivity contribution in [3.05, 3.63) is 95.6 Å². The fourth-order valence-electron chi connectivity index (χ4n) is 4.37. The number of amides is 2. The van der Waals surface area contributed by atoms with E-state index in [0.717, 1.165) is 30.5 Å². The summed E-state index contributed by atoms with van der Waals surface area (Å²) in [7, 11) is 0. The third-order valence-corrected chi connectivity index (χ3v) is 6.72. The van der Waals surface area contributed by atoms with Crippen LogP contribution < -0.4 is 10.1 Å². The van der Waals surface area contributed by atoms with Gasteiger partial charge in [0.25, 0.3) is 0 Å². The largest absolute Gasteiger partial charge is 0.492 e. The molecule has 0 aliphatic rings. The zero-order chi connectivity index (χ0) is 28.7. The number of benzene rings is 3. The van der Waals surface area contributed by atoms with Gasteiger partial charge in [-0.15, -0.1) is 0 Å².